The molecule has 1 aromatic rings. The van der Waals surface area contributed by atoms with Crippen molar-refractivity contribution in [3.8, 4) is 0 Å². The Hall–Kier alpha value is -2.70. The Morgan fingerprint density at radius 3 is 2.83 bits per heavy atom. The fourth-order valence-corrected chi connectivity index (χ4v) is 4.24. The van der Waals surface area contributed by atoms with Crippen LogP contribution < -0.4 is 10.6 Å². The van der Waals surface area contributed by atoms with Gasteiger partial charge in [-0.1, -0.05) is 68.1 Å². The molecule has 3 rings (SSSR count). The number of benzene rings is 1. The quantitative estimate of drug-likeness (QED) is 0.254. The number of fused-ring (bicyclic) bond motifs is 3. The predicted molar refractivity (Wildman–Crippen MR) is 116 cm³/mol. The van der Waals surface area contributed by atoms with Crippen LogP contribution in [-0.4, -0.2) is 44.9 Å². The van der Waals surface area contributed by atoms with Crippen LogP contribution in [0, 0.1) is 5.41 Å². The number of carbonyl (C=O) groups is 2. The van der Waals surface area contributed by atoms with Gasteiger partial charge >= 0.3 is 5.97 Å². The monoisotopic (exact) mass is 410 g/mol. The lowest BCUT2D eigenvalue weighted by molar-refractivity contribution is -0.142. The molecule has 0 aliphatic heterocycles. The van der Waals surface area contributed by atoms with Crippen molar-refractivity contribution < 1.29 is 19.1 Å². The van der Waals surface area contributed by atoms with E-state index in [4.69, 9.17) is 9.47 Å². The van der Waals surface area contributed by atoms with E-state index in [1.165, 1.54) is 17.2 Å². The number of amides is 1. The summed E-state index contributed by atoms with van der Waals surface area (Å²) in [6.45, 7) is 7.18. The first-order chi connectivity index (χ1) is 14.6. The van der Waals surface area contributed by atoms with Crippen LogP contribution in [0.1, 0.15) is 36.3 Å². The van der Waals surface area contributed by atoms with Crippen molar-refractivity contribution in [2.75, 3.05) is 33.0 Å². The van der Waals surface area contributed by atoms with E-state index in [2.05, 4.69) is 72.7 Å². The molecule has 1 aromatic carbocycles. The Labute approximate surface area is 178 Å². The summed E-state index contributed by atoms with van der Waals surface area (Å²) < 4.78 is 10.7. The normalized spacial score (nSPS) is 23.5. The Balaban J connectivity index is 1.39. The first kappa shape index (κ1) is 22.0. The SMILES string of the molecule is C=CCOC(=O)CCNC(=O)CNCOCC1c2ccccc2C2C=CC=CC21C. The highest BCUT2D eigenvalue weighted by Gasteiger charge is 2.47. The van der Waals surface area contributed by atoms with Crippen molar-refractivity contribution in [1.82, 2.24) is 10.6 Å². The van der Waals surface area contributed by atoms with Crippen LogP contribution in [0.15, 0.2) is 61.2 Å². The Morgan fingerprint density at radius 2 is 2.03 bits per heavy atom. The molecular formula is C24H30N2O4. The fraction of sp³-hybridized carbons (Fsp3) is 0.417. The van der Waals surface area contributed by atoms with Crippen LogP contribution in [0.5, 0.6) is 0 Å². The molecule has 0 saturated carbocycles. The van der Waals surface area contributed by atoms with Crippen LogP contribution in [0.4, 0.5) is 0 Å². The van der Waals surface area contributed by atoms with Crippen LogP contribution in [0.3, 0.4) is 0 Å². The molecule has 6 nitrogen and oxygen atoms in total. The maximum absolute atomic E-state index is 11.8. The Bertz CT molecular complexity index is 832. The van der Waals surface area contributed by atoms with Crippen LogP contribution in [-0.2, 0) is 19.1 Å². The summed E-state index contributed by atoms with van der Waals surface area (Å²) in [6.07, 6.45) is 10.4. The lowest BCUT2D eigenvalue weighted by Gasteiger charge is -2.34. The minimum Gasteiger partial charge on any atom is -0.461 e. The highest BCUT2D eigenvalue weighted by atomic mass is 16.5. The van der Waals surface area contributed by atoms with Gasteiger partial charge in [0.2, 0.25) is 5.91 Å². The summed E-state index contributed by atoms with van der Waals surface area (Å²) in [4.78, 5) is 23.2. The molecule has 3 unspecified atom stereocenters. The smallest absolute Gasteiger partial charge is 0.307 e. The highest BCUT2D eigenvalue weighted by molar-refractivity contribution is 5.78. The van der Waals surface area contributed by atoms with E-state index >= 15 is 0 Å². The number of hydrogen-bond donors (Lipinski definition) is 2. The van der Waals surface area contributed by atoms with E-state index in [9.17, 15) is 9.59 Å². The molecule has 0 saturated heterocycles. The topological polar surface area (TPSA) is 76.7 Å². The second-order valence-electron chi connectivity index (χ2n) is 7.78. The zero-order valence-electron chi connectivity index (χ0n) is 17.4. The predicted octanol–water partition coefficient (Wildman–Crippen LogP) is 2.80. The average molecular weight is 411 g/mol. The lowest BCUT2D eigenvalue weighted by Crippen LogP contribution is -2.36. The molecule has 0 bridgehead atoms. The minimum atomic E-state index is -0.359. The van der Waals surface area contributed by atoms with Gasteiger partial charge in [0.1, 0.15) is 6.61 Å². The van der Waals surface area contributed by atoms with Gasteiger partial charge in [-0.25, -0.2) is 0 Å². The molecule has 1 amide bonds. The van der Waals surface area contributed by atoms with Gasteiger partial charge in [-0.2, -0.15) is 0 Å². The number of rotatable bonds is 11. The summed E-state index contributed by atoms with van der Waals surface area (Å²) in [5, 5.41) is 5.67. The summed E-state index contributed by atoms with van der Waals surface area (Å²) in [7, 11) is 0. The first-order valence-electron chi connectivity index (χ1n) is 10.3. The van der Waals surface area contributed by atoms with Crippen LogP contribution in [0.25, 0.3) is 0 Å². The number of carbonyl (C=O) groups excluding carboxylic acids is 2. The van der Waals surface area contributed by atoms with E-state index in [1.54, 1.807) is 0 Å². The molecule has 2 aliphatic carbocycles. The fourth-order valence-electron chi connectivity index (χ4n) is 4.24. The molecule has 0 fully saturated rings. The van der Waals surface area contributed by atoms with E-state index < -0.39 is 0 Å². The van der Waals surface area contributed by atoms with Gasteiger partial charge in [-0.3, -0.25) is 14.9 Å². The van der Waals surface area contributed by atoms with Gasteiger partial charge in [0.25, 0.3) is 0 Å². The van der Waals surface area contributed by atoms with E-state index in [-0.39, 0.29) is 56.1 Å². The maximum Gasteiger partial charge on any atom is 0.307 e. The summed E-state index contributed by atoms with van der Waals surface area (Å²) in [5.41, 5.74) is 2.70. The Kier molecular flexibility index (Phi) is 7.60. The second kappa shape index (κ2) is 10.4. The van der Waals surface area contributed by atoms with Crippen LogP contribution in [0.2, 0.25) is 0 Å². The van der Waals surface area contributed by atoms with Crippen molar-refractivity contribution in [2.45, 2.75) is 25.2 Å². The van der Waals surface area contributed by atoms with E-state index in [0.717, 1.165) is 0 Å². The zero-order chi connectivity index (χ0) is 21.4. The molecule has 0 spiro atoms. The largest absolute Gasteiger partial charge is 0.461 e. The summed E-state index contributed by atoms with van der Waals surface area (Å²) in [6, 6.07) is 8.57. The second-order valence-corrected chi connectivity index (χ2v) is 7.78. The molecule has 30 heavy (non-hydrogen) atoms. The van der Waals surface area contributed by atoms with Crippen molar-refractivity contribution in [3.05, 3.63) is 72.4 Å². The molecular weight excluding hydrogens is 380 g/mol. The minimum absolute atomic E-state index is 0.00395. The first-order valence-corrected chi connectivity index (χ1v) is 10.3. The third kappa shape index (κ3) is 5.07. The Morgan fingerprint density at radius 1 is 1.23 bits per heavy atom. The molecule has 3 atom stereocenters. The van der Waals surface area contributed by atoms with Gasteiger partial charge < -0.3 is 14.8 Å². The molecule has 0 radical (unpaired) electrons. The summed E-state index contributed by atoms with van der Waals surface area (Å²) >= 11 is 0. The van der Waals surface area contributed by atoms with E-state index in [1.807, 2.05) is 0 Å². The van der Waals surface area contributed by atoms with Gasteiger partial charge in [-0.15, -0.1) is 0 Å². The number of allylic oxidation sites excluding steroid dienone is 4. The molecule has 2 N–H and O–H groups in total. The van der Waals surface area contributed by atoms with Crippen LogP contribution >= 0.6 is 0 Å². The molecule has 0 heterocycles. The van der Waals surface area contributed by atoms with Gasteiger partial charge in [-0.05, 0) is 11.1 Å². The summed E-state index contributed by atoms with van der Waals surface area (Å²) in [5.74, 6) is 0.0803. The number of nitrogens with one attached hydrogen (secondary N) is 2. The van der Waals surface area contributed by atoms with Crippen molar-refractivity contribution in [3.63, 3.8) is 0 Å². The zero-order valence-corrected chi connectivity index (χ0v) is 17.4. The number of hydrogen-bond acceptors (Lipinski definition) is 5. The standard InChI is InChI=1S/C24H30N2O4/c1-3-14-30-23(28)11-13-26-22(27)15-25-17-29-16-21-19-9-5-4-8-18(19)20-10-6-7-12-24(20,21)2/h3-10,12,20-21,25H,1,11,13-17H2,2H3,(H,26,27). The van der Waals surface area contributed by atoms with Gasteiger partial charge in [0.15, 0.2) is 0 Å². The van der Waals surface area contributed by atoms with Crippen molar-refractivity contribution in [2.24, 2.45) is 5.41 Å². The third-order valence-electron chi connectivity index (χ3n) is 5.79. The number of esters is 1. The van der Waals surface area contributed by atoms with Gasteiger partial charge in [0, 0.05) is 23.8 Å². The third-order valence-corrected chi connectivity index (χ3v) is 5.79. The van der Waals surface area contributed by atoms with Crippen molar-refractivity contribution >= 4 is 11.9 Å². The molecule has 0 aromatic heterocycles. The average Bonchev–Trinajstić information content (AvgIpc) is 3.00. The van der Waals surface area contributed by atoms with Crippen molar-refractivity contribution in [1.29, 1.82) is 0 Å². The van der Waals surface area contributed by atoms with Gasteiger partial charge in [0.05, 0.1) is 26.3 Å². The molecule has 160 valence electrons. The highest BCUT2D eigenvalue weighted by Crippen LogP contribution is 2.57. The van der Waals surface area contributed by atoms with E-state index in [0.29, 0.717) is 12.5 Å². The molecule has 2 aliphatic rings. The molecule has 6 heteroatoms. The lowest BCUT2D eigenvalue weighted by atomic mass is 9.70. The number of ether oxygens (including phenoxy) is 2. The maximum atomic E-state index is 11.8.